The highest BCUT2D eigenvalue weighted by atomic mass is 16.5. The summed E-state index contributed by atoms with van der Waals surface area (Å²) in [6, 6.07) is 12.4. The van der Waals surface area contributed by atoms with Gasteiger partial charge in [-0.2, -0.15) is 0 Å². The van der Waals surface area contributed by atoms with E-state index in [4.69, 9.17) is 4.74 Å². The second-order valence-corrected chi connectivity index (χ2v) is 9.36. The third-order valence-corrected chi connectivity index (χ3v) is 7.17. The van der Waals surface area contributed by atoms with Crippen molar-refractivity contribution in [3.05, 3.63) is 70.3 Å². The first-order valence-electron chi connectivity index (χ1n) is 12.0. The zero-order valence-electron chi connectivity index (χ0n) is 19.3. The van der Waals surface area contributed by atoms with E-state index in [1.807, 2.05) is 18.2 Å². The van der Waals surface area contributed by atoms with Crippen LogP contribution in [-0.2, 0) is 22.5 Å². The molecular formula is C27H28N2O5. The smallest absolute Gasteiger partial charge is 0.338 e. The van der Waals surface area contributed by atoms with Crippen LogP contribution in [0.4, 0.5) is 0 Å². The molecule has 5 rings (SSSR count). The van der Waals surface area contributed by atoms with E-state index in [1.165, 1.54) is 28.7 Å². The standard InChI is InChI=1S/C27H28N2O5/c1-17(24(30)28-14-13-18-7-5-6-8-20(18)16-28)34-27(33)19-11-12-22-23(15-19)26(32)29(25(22)31)21-9-3-2-4-10-21/h5-8,11-12,15,17,21H,2-4,9-10,13-14,16H2,1H3. The van der Waals surface area contributed by atoms with Gasteiger partial charge in [-0.1, -0.05) is 43.5 Å². The Morgan fingerprint density at radius 2 is 1.65 bits per heavy atom. The number of nitrogens with zero attached hydrogens (tertiary/aromatic N) is 2. The van der Waals surface area contributed by atoms with E-state index in [0.717, 1.165) is 44.1 Å². The monoisotopic (exact) mass is 460 g/mol. The fraction of sp³-hybridized carbons (Fsp3) is 0.407. The predicted octanol–water partition coefficient (Wildman–Crippen LogP) is 3.75. The summed E-state index contributed by atoms with van der Waals surface area (Å²) in [6.45, 7) is 2.63. The van der Waals surface area contributed by atoms with Gasteiger partial charge in [0.25, 0.3) is 17.7 Å². The minimum absolute atomic E-state index is 0.0798. The molecule has 176 valence electrons. The number of rotatable bonds is 4. The molecule has 2 aromatic rings. The highest BCUT2D eigenvalue weighted by Gasteiger charge is 2.40. The highest BCUT2D eigenvalue weighted by molar-refractivity contribution is 6.22. The molecule has 2 heterocycles. The average Bonchev–Trinajstić information content (AvgIpc) is 3.12. The van der Waals surface area contributed by atoms with E-state index < -0.39 is 12.1 Å². The molecule has 2 aromatic carbocycles. The van der Waals surface area contributed by atoms with E-state index in [9.17, 15) is 19.2 Å². The van der Waals surface area contributed by atoms with Crippen molar-refractivity contribution in [3.8, 4) is 0 Å². The Bertz CT molecular complexity index is 1170. The van der Waals surface area contributed by atoms with Gasteiger partial charge in [-0.05, 0) is 55.5 Å². The number of esters is 1. The summed E-state index contributed by atoms with van der Waals surface area (Å²) in [5.41, 5.74) is 3.05. The van der Waals surface area contributed by atoms with E-state index in [2.05, 4.69) is 6.07 Å². The van der Waals surface area contributed by atoms with Crippen LogP contribution in [0.15, 0.2) is 42.5 Å². The molecular weight excluding hydrogens is 432 g/mol. The van der Waals surface area contributed by atoms with E-state index in [0.29, 0.717) is 18.7 Å². The summed E-state index contributed by atoms with van der Waals surface area (Å²) in [7, 11) is 0. The lowest BCUT2D eigenvalue weighted by molar-refractivity contribution is -0.140. The molecule has 0 aromatic heterocycles. The van der Waals surface area contributed by atoms with E-state index in [-0.39, 0.29) is 34.9 Å². The lowest BCUT2D eigenvalue weighted by atomic mass is 9.94. The molecule has 1 atom stereocenters. The van der Waals surface area contributed by atoms with Crippen molar-refractivity contribution in [2.75, 3.05) is 6.54 Å². The maximum Gasteiger partial charge on any atom is 0.338 e. The molecule has 7 heteroatoms. The van der Waals surface area contributed by atoms with Gasteiger partial charge in [0, 0.05) is 19.1 Å². The number of hydrogen-bond acceptors (Lipinski definition) is 5. The van der Waals surface area contributed by atoms with Gasteiger partial charge >= 0.3 is 5.97 Å². The third-order valence-electron chi connectivity index (χ3n) is 7.17. The third kappa shape index (κ3) is 4.00. The summed E-state index contributed by atoms with van der Waals surface area (Å²) in [4.78, 5) is 54.7. The zero-order chi connectivity index (χ0) is 23.8. The first-order valence-corrected chi connectivity index (χ1v) is 12.0. The van der Waals surface area contributed by atoms with Crippen molar-refractivity contribution in [2.45, 2.75) is 64.1 Å². The Kier molecular flexibility index (Phi) is 5.94. The first-order chi connectivity index (χ1) is 16.4. The van der Waals surface area contributed by atoms with Crippen molar-refractivity contribution in [3.63, 3.8) is 0 Å². The number of carbonyl (C=O) groups excluding carboxylic acids is 4. The molecule has 0 bridgehead atoms. The van der Waals surface area contributed by atoms with Gasteiger partial charge < -0.3 is 9.64 Å². The van der Waals surface area contributed by atoms with Crippen LogP contribution in [0.5, 0.6) is 0 Å². The number of benzene rings is 2. The molecule has 1 aliphatic carbocycles. The van der Waals surface area contributed by atoms with Crippen LogP contribution in [0, 0.1) is 0 Å². The van der Waals surface area contributed by atoms with E-state index in [1.54, 1.807) is 11.8 Å². The number of imide groups is 1. The van der Waals surface area contributed by atoms with Crippen LogP contribution in [0.1, 0.15) is 81.2 Å². The fourth-order valence-corrected chi connectivity index (χ4v) is 5.28. The maximum atomic E-state index is 13.0. The van der Waals surface area contributed by atoms with Crippen molar-refractivity contribution in [1.82, 2.24) is 9.80 Å². The zero-order valence-corrected chi connectivity index (χ0v) is 19.3. The minimum Gasteiger partial charge on any atom is -0.449 e. The average molecular weight is 461 g/mol. The highest BCUT2D eigenvalue weighted by Crippen LogP contribution is 2.31. The van der Waals surface area contributed by atoms with Crippen LogP contribution in [0.25, 0.3) is 0 Å². The summed E-state index contributed by atoms with van der Waals surface area (Å²) in [5.74, 6) is -1.57. The molecule has 3 amide bonds. The summed E-state index contributed by atoms with van der Waals surface area (Å²) in [5, 5.41) is 0. The largest absolute Gasteiger partial charge is 0.449 e. The Morgan fingerprint density at radius 1 is 0.941 bits per heavy atom. The van der Waals surface area contributed by atoms with Crippen molar-refractivity contribution < 1.29 is 23.9 Å². The molecule has 2 aliphatic heterocycles. The Balaban J connectivity index is 1.26. The second-order valence-electron chi connectivity index (χ2n) is 9.36. The molecule has 34 heavy (non-hydrogen) atoms. The second kappa shape index (κ2) is 9.05. The van der Waals surface area contributed by atoms with Gasteiger partial charge in [0.2, 0.25) is 0 Å². The molecule has 1 saturated carbocycles. The van der Waals surface area contributed by atoms with Crippen LogP contribution >= 0.6 is 0 Å². The molecule has 7 nitrogen and oxygen atoms in total. The number of fused-ring (bicyclic) bond motifs is 2. The Labute approximate surface area is 198 Å². The fourth-order valence-electron chi connectivity index (χ4n) is 5.28. The summed E-state index contributed by atoms with van der Waals surface area (Å²) < 4.78 is 5.46. The van der Waals surface area contributed by atoms with Crippen LogP contribution in [0.3, 0.4) is 0 Å². The molecule has 1 unspecified atom stereocenters. The lowest BCUT2D eigenvalue weighted by Crippen LogP contribution is -2.42. The van der Waals surface area contributed by atoms with Gasteiger partial charge in [0.05, 0.1) is 16.7 Å². The first kappa shape index (κ1) is 22.3. The number of amides is 3. The predicted molar refractivity (Wildman–Crippen MR) is 124 cm³/mol. The van der Waals surface area contributed by atoms with Gasteiger partial charge in [0.1, 0.15) is 0 Å². The lowest BCUT2D eigenvalue weighted by Gasteiger charge is -2.30. The quantitative estimate of drug-likeness (QED) is 0.513. The van der Waals surface area contributed by atoms with Crippen molar-refractivity contribution in [2.24, 2.45) is 0 Å². The number of ether oxygens (including phenoxy) is 1. The van der Waals surface area contributed by atoms with Crippen molar-refractivity contribution >= 4 is 23.7 Å². The van der Waals surface area contributed by atoms with Gasteiger partial charge in [-0.3, -0.25) is 19.3 Å². The molecule has 0 spiro atoms. The van der Waals surface area contributed by atoms with E-state index >= 15 is 0 Å². The maximum absolute atomic E-state index is 13.0. The Hall–Kier alpha value is -3.48. The van der Waals surface area contributed by atoms with Crippen LogP contribution in [-0.4, -0.2) is 52.2 Å². The topological polar surface area (TPSA) is 84.0 Å². The number of carbonyl (C=O) groups is 4. The van der Waals surface area contributed by atoms with Gasteiger partial charge in [0.15, 0.2) is 6.10 Å². The van der Waals surface area contributed by atoms with Crippen LogP contribution in [0.2, 0.25) is 0 Å². The number of hydrogen-bond donors (Lipinski definition) is 0. The summed E-state index contributed by atoms with van der Waals surface area (Å²) in [6.07, 6.45) is 4.58. The van der Waals surface area contributed by atoms with Crippen LogP contribution < -0.4 is 0 Å². The summed E-state index contributed by atoms with van der Waals surface area (Å²) >= 11 is 0. The SMILES string of the molecule is CC(OC(=O)c1ccc2c(c1)C(=O)N(C1CCCCC1)C2=O)C(=O)N1CCc2ccccc2C1. The van der Waals surface area contributed by atoms with Gasteiger partial charge in [-0.25, -0.2) is 4.79 Å². The van der Waals surface area contributed by atoms with Gasteiger partial charge in [-0.15, -0.1) is 0 Å². The van der Waals surface area contributed by atoms with Crippen molar-refractivity contribution in [1.29, 1.82) is 0 Å². The Morgan fingerprint density at radius 3 is 2.41 bits per heavy atom. The molecule has 0 radical (unpaired) electrons. The normalized spacial score (nSPS) is 19.0. The molecule has 3 aliphatic rings. The minimum atomic E-state index is -0.956. The molecule has 1 fully saturated rings. The molecule has 0 N–H and O–H groups in total. The molecule has 0 saturated heterocycles.